The van der Waals surface area contributed by atoms with E-state index in [1.165, 1.54) is 0 Å². The first-order valence-corrected chi connectivity index (χ1v) is 6.44. The summed E-state index contributed by atoms with van der Waals surface area (Å²) in [6.45, 7) is 2.78. The molecule has 0 saturated heterocycles. The molecule has 1 N–H and O–H groups in total. The van der Waals surface area contributed by atoms with Gasteiger partial charge in [-0.1, -0.05) is 19.8 Å². The molecule has 0 aliphatic heterocycles. The van der Waals surface area contributed by atoms with Crippen LogP contribution in [0.1, 0.15) is 45.4 Å². The van der Waals surface area contributed by atoms with Gasteiger partial charge in [-0.15, -0.1) is 0 Å². The van der Waals surface area contributed by atoms with Crippen LogP contribution in [0, 0.1) is 0 Å². The molecule has 0 bridgehead atoms. The zero-order chi connectivity index (χ0) is 12.7. The summed E-state index contributed by atoms with van der Waals surface area (Å²) in [6, 6.07) is 0.233. The number of nitrogens with one attached hydrogen (secondary N) is 1. The Morgan fingerprint density at radius 3 is 2.59 bits per heavy atom. The van der Waals surface area contributed by atoms with Crippen LogP contribution in [0.3, 0.4) is 0 Å². The first kappa shape index (κ1) is 14.8. The van der Waals surface area contributed by atoms with Gasteiger partial charge in [-0.05, 0) is 25.8 Å². The highest BCUT2D eigenvalue weighted by Gasteiger charge is 2.29. The van der Waals surface area contributed by atoms with E-state index in [1.54, 1.807) is 0 Å². The van der Waals surface area contributed by atoms with Crippen LogP contribution in [0.5, 0.6) is 0 Å². The Balaban J connectivity index is 2.27. The molecule has 102 valence electrons. The van der Waals surface area contributed by atoms with Gasteiger partial charge in [-0.2, -0.15) is 13.2 Å². The Morgan fingerprint density at radius 2 is 1.94 bits per heavy atom. The van der Waals surface area contributed by atoms with Gasteiger partial charge in [0.05, 0.1) is 19.1 Å². The Bertz CT molecular complexity index is 208. The smallest absolute Gasteiger partial charge is 0.376 e. The van der Waals surface area contributed by atoms with E-state index in [0.717, 1.165) is 38.6 Å². The lowest BCUT2D eigenvalue weighted by Gasteiger charge is -2.32. The third-order valence-electron chi connectivity index (χ3n) is 3.08. The van der Waals surface area contributed by atoms with E-state index < -0.39 is 12.6 Å². The number of hydrogen-bond donors (Lipinski definition) is 1. The maximum atomic E-state index is 12.0. The first-order chi connectivity index (χ1) is 8.03. The van der Waals surface area contributed by atoms with E-state index in [0.29, 0.717) is 0 Å². The minimum Gasteiger partial charge on any atom is -0.376 e. The van der Waals surface area contributed by atoms with Crippen LogP contribution in [0.2, 0.25) is 0 Å². The highest BCUT2D eigenvalue weighted by atomic mass is 19.4. The van der Waals surface area contributed by atoms with Crippen LogP contribution in [0.25, 0.3) is 0 Å². The molecule has 1 fully saturated rings. The van der Waals surface area contributed by atoms with Crippen molar-refractivity contribution >= 4 is 0 Å². The van der Waals surface area contributed by atoms with E-state index in [-0.39, 0.29) is 18.8 Å². The van der Waals surface area contributed by atoms with Crippen LogP contribution in [-0.2, 0) is 4.74 Å². The Labute approximate surface area is 101 Å². The molecule has 2 atom stereocenters. The van der Waals surface area contributed by atoms with E-state index in [1.807, 2.05) is 0 Å². The van der Waals surface area contributed by atoms with Crippen LogP contribution >= 0.6 is 0 Å². The second-order valence-electron chi connectivity index (χ2n) is 4.62. The maximum Gasteiger partial charge on any atom is 0.391 e. The number of halogens is 3. The summed E-state index contributed by atoms with van der Waals surface area (Å²) in [6.07, 6.45) is 0.117. The monoisotopic (exact) mass is 253 g/mol. The number of rotatable bonds is 6. The van der Waals surface area contributed by atoms with Gasteiger partial charge < -0.3 is 10.1 Å². The molecule has 2 unspecified atom stereocenters. The molecule has 1 saturated carbocycles. The zero-order valence-electron chi connectivity index (χ0n) is 10.4. The van der Waals surface area contributed by atoms with Crippen molar-refractivity contribution in [3.05, 3.63) is 0 Å². The molecule has 0 heterocycles. The molecule has 1 aliphatic carbocycles. The van der Waals surface area contributed by atoms with Gasteiger partial charge in [0.15, 0.2) is 0 Å². The topological polar surface area (TPSA) is 21.3 Å². The lowest BCUT2D eigenvalue weighted by atomic mass is 9.92. The zero-order valence-corrected chi connectivity index (χ0v) is 10.4. The van der Waals surface area contributed by atoms with Gasteiger partial charge in [0.2, 0.25) is 0 Å². The van der Waals surface area contributed by atoms with Crippen molar-refractivity contribution in [1.29, 1.82) is 0 Å². The highest BCUT2D eigenvalue weighted by Crippen LogP contribution is 2.24. The number of hydrogen-bond acceptors (Lipinski definition) is 2. The van der Waals surface area contributed by atoms with Crippen LogP contribution in [0.4, 0.5) is 13.2 Å². The van der Waals surface area contributed by atoms with Gasteiger partial charge in [-0.3, -0.25) is 0 Å². The molecule has 0 spiro atoms. The second kappa shape index (κ2) is 7.21. The van der Waals surface area contributed by atoms with Gasteiger partial charge in [-0.25, -0.2) is 0 Å². The van der Waals surface area contributed by atoms with Crippen LogP contribution in [-0.4, -0.2) is 31.5 Å². The fourth-order valence-corrected chi connectivity index (χ4v) is 2.19. The van der Waals surface area contributed by atoms with Crippen molar-refractivity contribution in [2.75, 3.05) is 13.2 Å². The largest absolute Gasteiger partial charge is 0.391 e. The highest BCUT2D eigenvalue weighted by molar-refractivity contribution is 4.81. The molecule has 1 rings (SSSR count). The predicted octanol–water partition coefficient (Wildman–Crippen LogP) is 3.27. The van der Waals surface area contributed by atoms with Gasteiger partial charge in [0.1, 0.15) is 0 Å². The Hall–Kier alpha value is -0.290. The quantitative estimate of drug-likeness (QED) is 0.784. The summed E-state index contributed by atoms with van der Waals surface area (Å²) in [5.74, 6) is 0. The van der Waals surface area contributed by atoms with Crippen molar-refractivity contribution in [3.63, 3.8) is 0 Å². The lowest BCUT2D eigenvalue weighted by molar-refractivity contribution is -0.151. The van der Waals surface area contributed by atoms with Crippen LogP contribution in [0.15, 0.2) is 0 Å². The molecular formula is C12H22F3NO. The van der Waals surface area contributed by atoms with Crippen molar-refractivity contribution in [1.82, 2.24) is 5.32 Å². The Morgan fingerprint density at radius 1 is 1.24 bits per heavy atom. The van der Waals surface area contributed by atoms with Crippen molar-refractivity contribution in [2.45, 2.75) is 63.8 Å². The van der Waals surface area contributed by atoms with E-state index in [2.05, 4.69) is 12.2 Å². The predicted molar refractivity (Wildman–Crippen MR) is 61.0 cm³/mol. The molecule has 17 heavy (non-hydrogen) atoms. The molecule has 0 amide bonds. The molecule has 0 aromatic rings. The van der Waals surface area contributed by atoms with E-state index in [9.17, 15) is 13.2 Å². The SMILES string of the molecule is CCCNC1CCCCC1OCCC(F)(F)F. The third-order valence-corrected chi connectivity index (χ3v) is 3.08. The minimum atomic E-state index is -4.11. The van der Waals surface area contributed by atoms with Gasteiger partial charge >= 0.3 is 6.18 Å². The second-order valence-corrected chi connectivity index (χ2v) is 4.62. The standard InChI is InChI=1S/C12H22F3NO/c1-2-8-16-10-5-3-4-6-11(10)17-9-7-12(13,14)15/h10-11,16H,2-9H2,1H3. The van der Waals surface area contributed by atoms with E-state index in [4.69, 9.17) is 4.74 Å². The van der Waals surface area contributed by atoms with Crippen molar-refractivity contribution in [2.24, 2.45) is 0 Å². The summed E-state index contributed by atoms with van der Waals surface area (Å²) < 4.78 is 41.4. The average molecular weight is 253 g/mol. The fraction of sp³-hybridized carbons (Fsp3) is 1.00. The summed E-state index contributed by atoms with van der Waals surface area (Å²) in [7, 11) is 0. The maximum absolute atomic E-state index is 12.0. The molecule has 5 heteroatoms. The fourth-order valence-electron chi connectivity index (χ4n) is 2.19. The number of ether oxygens (including phenoxy) is 1. The molecule has 1 aliphatic rings. The Kier molecular flexibility index (Phi) is 6.27. The molecule has 2 nitrogen and oxygen atoms in total. The average Bonchev–Trinajstić information content (AvgIpc) is 2.26. The minimum absolute atomic E-state index is 0.0438. The number of alkyl halides is 3. The normalized spacial score (nSPS) is 26.1. The van der Waals surface area contributed by atoms with E-state index >= 15 is 0 Å². The lowest BCUT2D eigenvalue weighted by Crippen LogP contribution is -2.44. The molecule has 0 aromatic carbocycles. The molecule has 0 radical (unpaired) electrons. The summed E-state index contributed by atoms with van der Waals surface area (Å²) in [4.78, 5) is 0. The third kappa shape index (κ3) is 6.27. The van der Waals surface area contributed by atoms with Crippen molar-refractivity contribution < 1.29 is 17.9 Å². The van der Waals surface area contributed by atoms with Gasteiger partial charge in [0.25, 0.3) is 0 Å². The summed E-state index contributed by atoms with van der Waals surface area (Å²) in [5.41, 5.74) is 0. The van der Waals surface area contributed by atoms with Gasteiger partial charge in [0, 0.05) is 6.04 Å². The summed E-state index contributed by atoms with van der Waals surface area (Å²) >= 11 is 0. The van der Waals surface area contributed by atoms with Crippen molar-refractivity contribution in [3.8, 4) is 0 Å². The summed E-state index contributed by atoms with van der Waals surface area (Å²) in [5, 5.41) is 3.36. The first-order valence-electron chi connectivity index (χ1n) is 6.44. The molecular weight excluding hydrogens is 231 g/mol. The molecule has 0 aromatic heterocycles. The van der Waals surface area contributed by atoms with Crippen LogP contribution < -0.4 is 5.32 Å².